The summed E-state index contributed by atoms with van der Waals surface area (Å²) in [5, 5.41) is 9.02. The zero-order valence-electron chi connectivity index (χ0n) is 16.3. The number of benzene rings is 1. The highest BCUT2D eigenvalue weighted by Crippen LogP contribution is 2.31. The lowest BCUT2D eigenvalue weighted by molar-refractivity contribution is 0.143. The number of hydrogen-bond donors (Lipinski definition) is 0. The quantitative estimate of drug-likeness (QED) is 0.574. The summed E-state index contributed by atoms with van der Waals surface area (Å²) in [4.78, 5) is 14.5. The molecule has 0 aliphatic carbocycles. The van der Waals surface area contributed by atoms with Crippen molar-refractivity contribution in [3.05, 3.63) is 50.1 Å². The molecule has 1 aliphatic heterocycles. The fourth-order valence-corrected chi connectivity index (χ4v) is 6.11. The molecule has 3 heterocycles. The van der Waals surface area contributed by atoms with E-state index in [9.17, 15) is 13.2 Å². The summed E-state index contributed by atoms with van der Waals surface area (Å²) >= 11 is 12.2. The highest BCUT2D eigenvalue weighted by atomic mass is 35.5. The van der Waals surface area contributed by atoms with Crippen LogP contribution in [0.1, 0.15) is 11.5 Å². The van der Waals surface area contributed by atoms with Crippen molar-refractivity contribution in [2.75, 3.05) is 26.2 Å². The second kappa shape index (κ2) is 7.93. The van der Waals surface area contributed by atoms with Gasteiger partial charge in [0, 0.05) is 26.2 Å². The predicted molar refractivity (Wildman–Crippen MR) is 112 cm³/mol. The zero-order chi connectivity index (χ0) is 21.6. The molecule has 12 heteroatoms. The number of hydrogen-bond acceptors (Lipinski definition) is 7. The molecule has 1 aliphatic rings. The van der Waals surface area contributed by atoms with Crippen LogP contribution in [0.15, 0.2) is 32.4 Å². The van der Waals surface area contributed by atoms with Gasteiger partial charge in [-0.05, 0) is 26.0 Å². The molecule has 0 saturated carbocycles. The standard InChI is InChI=1S/C18H19Cl2N5O4S/c1-11-15-12(2)29-22-16(15)18(26)25(21-11)10-23-6-8-24(9-7-23)30(27,28)17-13(19)4-3-5-14(17)20/h3-5H,6-10H2,1-2H3. The number of fused-ring (bicyclic) bond motifs is 1. The highest BCUT2D eigenvalue weighted by Gasteiger charge is 2.32. The fourth-order valence-electron chi connectivity index (χ4n) is 3.60. The first-order valence-electron chi connectivity index (χ1n) is 9.20. The monoisotopic (exact) mass is 471 g/mol. The maximum atomic E-state index is 13.0. The third-order valence-electron chi connectivity index (χ3n) is 5.11. The number of sulfonamides is 1. The molecule has 0 atom stereocenters. The van der Waals surface area contributed by atoms with E-state index in [1.54, 1.807) is 19.9 Å². The van der Waals surface area contributed by atoms with Crippen LogP contribution < -0.4 is 5.56 Å². The van der Waals surface area contributed by atoms with Crippen LogP contribution in [0, 0.1) is 13.8 Å². The van der Waals surface area contributed by atoms with Crippen LogP contribution in [0.3, 0.4) is 0 Å². The molecule has 4 rings (SSSR count). The van der Waals surface area contributed by atoms with Gasteiger partial charge in [-0.15, -0.1) is 0 Å². The van der Waals surface area contributed by atoms with Crippen molar-refractivity contribution in [1.29, 1.82) is 0 Å². The largest absolute Gasteiger partial charge is 0.360 e. The minimum Gasteiger partial charge on any atom is -0.360 e. The number of halogens is 2. The van der Waals surface area contributed by atoms with E-state index in [1.165, 1.54) is 21.1 Å². The number of aromatic nitrogens is 3. The molecule has 0 bridgehead atoms. The topological polar surface area (TPSA) is 102 Å². The third kappa shape index (κ3) is 3.63. The lowest BCUT2D eigenvalue weighted by atomic mass is 10.2. The summed E-state index contributed by atoms with van der Waals surface area (Å²) in [5.74, 6) is 0.552. The average Bonchev–Trinajstić information content (AvgIpc) is 3.08. The number of piperazine rings is 1. The molecule has 9 nitrogen and oxygen atoms in total. The first kappa shape index (κ1) is 21.3. The second-order valence-electron chi connectivity index (χ2n) is 7.07. The Morgan fingerprint density at radius 1 is 1.10 bits per heavy atom. The molecule has 1 aromatic carbocycles. The van der Waals surface area contributed by atoms with Crippen LogP contribution >= 0.6 is 23.2 Å². The summed E-state index contributed by atoms with van der Waals surface area (Å²) in [7, 11) is -3.82. The van der Waals surface area contributed by atoms with Crippen molar-refractivity contribution >= 4 is 44.1 Å². The molecule has 0 N–H and O–H groups in total. The zero-order valence-corrected chi connectivity index (χ0v) is 18.6. The van der Waals surface area contributed by atoms with Gasteiger partial charge in [0.25, 0.3) is 5.56 Å². The predicted octanol–water partition coefficient (Wildman–Crippen LogP) is 2.27. The minimum atomic E-state index is -3.82. The molecule has 0 amide bonds. The van der Waals surface area contributed by atoms with Crippen LogP contribution in [0.4, 0.5) is 0 Å². The molecule has 3 aromatic rings. The number of aryl methyl sites for hydroxylation is 2. The van der Waals surface area contributed by atoms with Crippen molar-refractivity contribution in [3.8, 4) is 0 Å². The fraction of sp³-hybridized carbons (Fsp3) is 0.389. The van der Waals surface area contributed by atoms with Crippen LogP contribution in [-0.2, 0) is 16.7 Å². The van der Waals surface area contributed by atoms with Crippen LogP contribution in [0.25, 0.3) is 10.9 Å². The first-order valence-corrected chi connectivity index (χ1v) is 11.4. The van der Waals surface area contributed by atoms with Crippen LogP contribution in [-0.4, -0.2) is 58.7 Å². The maximum absolute atomic E-state index is 13.0. The maximum Gasteiger partial charge on any atom is 0.298 e. The number of nitrogens with zero attached hydrogens (tertiary/aromatic N) is 5. The van der Waals surface area contributed by atoms with E-state index in [2.05, 4.69) is 10.3 Å². The van der Waals surface area contributed by atoms with Gasteiger partial charge < -0.3 is 4.52 Å². The molecular formula is C18H19Cl2N5O4S. The van der Waals surface area contributed by atoms with Crippen molar-refractivity contribution < 1.29 is 12.9 Å². The smallest absolute Gasteiger partial charge is 0.298 e. The summed E-state index contributed by atoms with van der Waals surface area (Å²) in [5.41, 5.74) is 0.554. The Balaban J connectivity index is 1.51. The van der Waals surface area contributed by atoms with Crippen molar-refractivity contribution in [2.24, 2.45) is 0 Å². The van der Waals surface area contributed by atoms with Gasteiger partial charge in [-0.25, -0.2) is 13.1 Å². The minimum absolute atomic E-state index is 0.0813. The Kier molecular flexibility index (Phi) is 5.62. The molecule has 0 spiro atoms. The lowest BCUT2D eigenvalue weighted by Gasteiger charge is -2.34. The summed E-state index contributed by atoms with van der Waals surface area (Å²) in [6.45, 7) is 5.07. The van der Waals surface area contributed by atoms with Gasteiger partial charge in [-0.3, -0.25) is 9.69 Å². The third-order valence-corrected chi connectivity index (χ3v) is 7.97. The van der Waals surface area contributed by atoms with Gasteiger partial charge in [0.05, 0.1) is 27.8 Å². The molecule has 2 aromatic heterocycles. The van der Waals surface area contributed by atoms with Crippen molar-refractivity contribution in [1.82, 2.24) is 24.1 Å². The Bertz CT molecular complexity index is 1260. The Labute approximate surface area is 182 Å². The summed E-state index contributed by atoms with van der Waals surface area (Å²) < 4.78 is 33.8. The van der Waals surface area contributed by atoms with E-state index in [1.807, 2.05) is 4.90 Å². The van der Waals surface area contributed by atoms with Gasteiger partial charge in [-0.2, -0.15) is 9.40 Å². The Morgan fingerprint density at radius 3 is 2.37 bits per heavy atom. The first-order chi connectivity index (χ1) is 14.2. The normalized spacial score (nSPS) is 16.4. The van der Waals surface area contributed by atoms with E-state index in [0.717, 1.165) is 0 Å². The summed E-state index contributed by atoms with van der Waals surface area (Å²) in [6.07, 6.45) is 0. The van der Waals surface area contributed by atoms with Crippen molar-refractivity contribution in [2.45, 2.75) is 25.4 Å². The number of rotatable bonds is 4. The summed E-state index contributed by atoms with van der Waals surface area (Å²) in [6, 6.07) is 4.60. The van der Waals surface area contributed by atoms with Gasteiger partial charge in [-0.1, -0.05) is 34.4 Å². The molecule has 0 radical (unpaired) electrons. The van der Waals surface area contributed by atoms with E-state index in [0.29, 0.717) is 29.9 Å². The van der Waals surface area contributed by atoms with Crippen LogP contribution in [0.5, 0.6) is 0 Å². The van der Waals surface area contributed by atoms with Crippen molar-refractivity contribution in [3.63, 3.8) is 0 Å². The van der Waals surface area contributed by atoms with Gasteiger partial charge in [0.2, 0.25) is 10.0 Å². The van der Waals surface area contributed by atoms with Crippen LogP contribution in [0.2, 0.25) is 10.0 Å². The molecule has 160 valence electrons. The van der Waals surface area contributed by atoms with E-state index >= 15 is 0 Å². The Morgan fingerprint density at radius 2 is 1.73 bits per heavy atom. The molecule has 1 saturated heterocycles. The molecular weight excluding hydrogens is 453 g/mol. The van der Waals surface area contributed by atoms with Gasteiger partial charge in [0.1, 0.15) is 10.7 Å². The molecule has 30 heavy (non-hydrogen) atoms. The highest BCUT2D eigenvalue weighted by molar-refractivity contribution is 7.89. The SMILES string of the molecule is Cc1nn(CN2CCN(S(=O)(=O)c3c(Cl)cccc3Cl)CC2)c(=O)c2noc(C)c12. The Hall–Kier alpha value is -1.98. The van der Waals surface area contributed by atoms with E-state index in [4.69, 9.17) is 27.7 Å². The molecule has 0 unspecified atom stereocenters. The molecule has 1 fully saturated rings. The van der Waals surface area contributed by atoms with E-state index < -0.39 is 10.0 Å². The van der Waals surface area contributed by atoms with Gasteiger partial charge >= 0.3 is 0 Å². The lowest BCUT2D eigenvalue weighted by Crippen LogP contribution is -2.50. The average molecular weight is 472 g/mol. The van der Waals surface area contributed by atoms with E-state index in [-0.39, 0.29) is 45.8 Å². The second-order valence-corrected chi connectivity index (χ2v) is 9.76. The van der Waals surface area contributed by atoms with Gasteiger partial charge in [0.15, 0.2) is 5.52 Å².